The van der Waals surface area contributed by atoms with Gasteiger partial charge in [0.15, 0.2) is 5.11 Å². The summed E-state index contributed by atoms with van der Waals surface area (Å²) < 4.78 is 5.66. The van der Waals surface area contributed by atoms with Crippen LogP contribution in [-0.2, 0) is 16.2 Å². The van der Waals surface area contributed by atoms with Crippen LogP contribution >= 0.6 is 12.2 Å². The van der Waals surface area contributed by atoms with E-state index in [-0.39, 0.29) is 23.0 Å². The molecule has 3 rings (SSSR count). The number of hydrogen-bond acceptors (Lipinski definition) is 5. The first kappa shape index (κ1) is 19.3. The molecule has 0 spiro atoms. The molecule has 0 atom stereocenters. The molecule has 0 aromatic heterocycles. The molecule has 1 aliphatic heterocycles. The van der Waals surface area contributed by atoms with E-state index in [9.17, 15) is 14.7 Å². The summed E-state index contributed by atoms with van der Waals surface area (Å²) >= 11 is 5.01. The lowest BCUT2D eigenvalue weighted by molar-refractivity contribution is -0.128. The van der Waals surface area contributed by atoms with Crippen molar-refractivity contribution in [2.75, 3.05) is 6.54 Å². The quantitative estimate of drug-likeness (QED) is 0.341. The van der Waals surface area contributed by atoms with Crippen LogP contribution in [0.4, 0.5) is 0 Å². The summed E-state index contributed by atoms with van der Waals surface area (Å²) in [7, 11) is 0. The number of ether oxygens (including phenoxy) is 1. The van der Waals surface area contributed by atoms with Crippen molar-refractivity contribution in [1.29, 1.82) is 0 Å². The standard InChI is InChI=1S/C21H18N2O4S/c1-2-10-23-20(26)17(19(25)22-21(23)28)11-15-8-9-16(12-18(15)24)27-13-14-6-4-3-5-7-14/h2-9,11-12,24H,1,10,13H2,(H,22,25,28). The minimum absolute atomic E-state index is 0.0286. The summed E-state index contributed by atoms with van der Waals surface area (Å²) in [5.74, 6) is -0.795. The highest BCUT2D eigenvalue weighted by atomic mass is 32.1. The molecule has 1 heterocycles. The molecule has 2 N–H and O–H groups in total. The molecule has 1 fully saturated rings. The van der Waals surface area contributed by atoms with Crippen molar-refractivity contribution >= 4 is 35.2 Å². The maximum absolute atomic E-state index is 12.5. The lowest BCUT2D eigenvalue weighted by Crippen LogP contribution is -2.53. The Bertz CT molecular complexity index is 970. The van der Waals surface area contributed by atoms with Crippen molar-refractivity contribution in [2.45, 2.75) is 6.61 Å². The molecule has 2 aromatic carbocycles. The fourth-order valence-electron chi connectivity index (χ4n) is 2.62. The van der Waals surface area contributed by atoms with Crippen LogP contribution in [0.1, 0.15) is 11.1 Å². The summed E-state index contributed by atoms with van der Waals surface area (Å²) in [6.45, 7) is 4.11. The summed E-state index contributed by atoms with van der Waals surface area (Å²) in [4.78, 5) is 25.9. The Morgan fingerprint density at radius 3 is 2.61 bits per heavy atom. The number of carbonyl (C=O) groups excluding carboxylic acids is 2. The number of aromatic hydroxyl groups is 1. The number of hydrogen-bond donors (Lipinski definition) is 2. The van der Waals surface area contributed by atoms with Crippen molar-refractivity contribution in [2.24, 2.45) is 0 Å². The normalized spacial score (nSPS) is 15.5. The van der Waals surface area contributed by atoms with E-state index >= 15 is 0 Å². The van der Waals surface area contributed by atoms with Gasteiger partial charge in [-0.1, -0.05) is 36.4 Å². The van der Waals surface area contributed by atoms with Crippen LogP contribution < -0.4 is 10.1 Å². The first-order valence-corrected chi connectivity index (χ1v) is 8.90. The van der Waals surface area contributed by atoms with E-state index < -0.39 is 11.8 Å². The van der Waals surface area contributed by atoms with Gasteiger partial charge in [-0.2, -0.15) is 0 Å². The predicted octanol–water partition coefficient (Wildman–Crippen LogP) is 2.78. The Morgan fingerprint density at radius 1 is 1.18 bits per heavy atom. The molecule has 0 aliphatic carbocycles. The van der Waals surface area contributed by atoms with Crippen LogP contribution in [0.15, 0.2) is 66.8 Å². The molecule has 0 saturated carbocycles. The Kier molecular flexibility index (Phi) is 5.86. The lowest BCUT2D eigenvalue weighted by atomic mass is 10.1. The summed E-state index contributed by atoms with van der Waals surface area (Å²) in [6.07, 6.45) is 2.83. The SMILES string of the molecule is C=CCN1C(=O)C(=Cc2ccc(OCc3ccccc3)cc2O)C(=O)NC1=S. The molecular weight excluding hydrogens is 376 g/mol. The van der Waals surface area contributed by atoms with E-state index in [1.165, 1.54) is 23.1 Å². The van der Waals surface area contributed by atoms with Gasteiger partial charge >= 0.3 is 0 Å². The fourth-order valence-corrected chi connectivity index (χ4v) is 2.87. The van der Waals surface area contributed by atoms with E-state index in [4.69, 9.17) is 17.0 Å². The van der Waals surface area contributed by atoms with E-state index in [2.05, 4.69) is 11.9 Å². The molecular formula is C21H18N2O4S. The van der Waals surface area contributed by atoms with Gasteiger partial charge in [0.1, 0.15) is 23.7 Å². The summed E-state index contributed by atoms with van der Waals surface area (Å²) in [5, 5.41) is 12.8. The van der Waals surface area contributed by atoms with Crippen molar-refractivity contribution in [1.82, 2.24) is 10.2 Å². The number of thiocarbonyl (C=S) groups is 1. The molecule has 7 heteroatoms. The Labute approximate surface area is 167 Å². The van der Waals surface area contributed by atoms with Gasteiger partial charge in [0.2, 0.25) is 0 Å². The second kappa shape index (κ2) is 8.49. The highest BCUT2D eigenvalue weighted by Crippen LogP contribution is 2.27. The second-order valence-electron chi connectivity index (χ2n) is 6.02. The number of amides is 2. The summed E-state index contributed by atoms with van der Waals surface area (Å²) in [6, 6.07) is 14.3. The molecule has 1 aliphatic rings. The number of nitrogens with one attached hydrogen (secondary N) is 1. The minimum Gasteiger partial charge on any atom is -0.507 e. The fraction of sp³-hybridized carbons (Fsp3) is 0.0952. The molecule has 28 heavy (non-hydrogen) atoms. The van der Waals surface area contributed by atoms with Gasteiger partial charge < -0.3 is 9.84 Å². The van der Waals surface area contributed by atoms with Crippen LogP contribution in [0.2, 0.25) is 0 Å². The molecule has 6 nitrogen and oxygen atoms in total. The molecule has 2 amide bonds. The van der Waals surface area contributed by atoms with Gasteiger partial charge in [-0.15, -0.1) is 6.58 Å². The largest absolute Gasteiger partial charge is 0.507 e. The molecule has 0 bridgehead atoms. The summed E-state index contributed by atoms with van der Waals surface area (Å²) in [5.41, 5.74) is 1.19. The van der Waals surface area contributed by atoms with Crippen molar-refractivity contribution in [3.8, 4) is 11.5 Å². The van der Waals surface area contributed by atoms with Gasteiger partial charge in [0.05, 0.1) is 0 Å². The van der Waals surface area contributed by atoms with Gasteiger partial charge in [0.25, 0.3) is 11.8 Å². The first-order valence-electron chi connectivity index (χ1n) is 8.49. The third-order valence-corrected chi connectivity index (χ3v) is 4.37. The van der Waals surface area contributed by atoms with Crippen molar-refractivity contribution < 1.29 is 19.4 Å². The van der Waals surface area contributed by atoms with Crippen molar-refractivity contribution in [3.05, 3.63) is 77.9 Å². The third kappa shape index (κ3) is 4.27. The number of nitrogens with zero attached hydrogens (tertiary/aromatic N) is 1. The molecule has 1 saturated heterocycles. The van der Waals surface area contributed by atoms with E-state index in [1.807, 2.05) is 30.3 Å². The smallest absolute Gasteiger partial charge is 0.265 e. The van der Waals surface area contributed by atoms with Gasteiger partial charge in [0, 0.05) is 18.2 Å². The van der Waals surface area contributed by atoms with Crippen LogP contribution in [0, 0.1) is 0 Å². The maximum Gasteiger partial charge on any atom is 0.265 e. The van der Waals surface area contributed by atoms with E-state index in [0.29, 0.717) is 17.9 Å². The molecule has 142 valence electrons. The topological polar surface area (TPSA) is 78.9 Å². The zero-order valence-corrected chi connectivity index (χ0v) is 15.7. The lowest BCUT2D eigenvalue weighted by Gasteiger charge is -2.27. The maximum atomic E-state index is 12.5. The Morgan fingerprint density at radius 2 is 1.93 bits per heavy atom. The van der Waals surface area contributed by atoms with Crippen LogP contribution in [0.5, 0.6) is 11.5 Å². The monoisotopic (exact) mass is 394 g/mol. The third-order valence-electron chi connectivity index (χ3n) is 4.05. The van der Waals surface area contributed by atoms with Crippen LogP contribution in [-0.4, -0.2) is 33.5 Å². The highest BCUT2D eigenvalue weighted by Gasteiger charge is 2.32. The molecule has 2 aromatic rings. The predicted molar refractivity (Wildman–Crippen MR) is 110 cm³/mol. The van der Waals surface area contributed by atoms with Gasteiger partial charge in [-0.3, -0.25) is 19.8 Å². The van der Waals surface area contributed by atoms with E-state index in [0.717, 1.165) is 5.56 Å². The zero-order chi connectivity index (χ0) is 20.1. The van der Waals surface area contributed by atoms with Crippen LogP contribution in [0.25, 0.3) is 6.08 Å². The Balaban J connectivity index is 1.79. The average molecular weight is 394 g/mol. The van der Waals surface area contributed by atoms with Crippen LogP contribution in [0.3, 0.4) is 0 Å². The number of phenols is 1. The van der Waals surface area contributed by atoms with Gasteiger partial charge in [-0.05, 0) is 36.0 Å². The number of benzene rings is 2. The van der Waals surface area contributed by atoms with Crippen molar-refractivity contribution in [3.63, 3.8) is 0 Å². The van der Waals surface area contributed by atoms with Gasteiger partial charge in [-0.25, -0.2) is 0 Å². The molecule has 0 radical (unpaired) electrons. The highest BCUT2D eigenvalue weighted by molar-refractivity contribution is 7.80. The zero-order valence-electron chi connectivity index (χ0n) is 14.9. The Hall–Kier alpha value is -3.45. The number of phenolic OH excluding ortho intramolecular Hbond substituents is 1. The first-order chi connectivity index (χ1) is 13.5. The minimum atomic E-state index is -0.612. The second-order valence-corrected chi connectivity index (χ2v) is 6.40. The van der Waals surface area contributed by atoms with E-state index in [1.54, 1.807) is 12.1 Å². The average Bonchev–Trinajstić information content (AvgIpc) is 2.69. The number of rotatable bonds is 6. The molecule has 0 unspecified atom stereocenters. The number of carbonyl (C=O) groups is 2.